The molecular weight excluding hydrogens is 286 g/mol. The zero-order chi connectivity index (χ0) is 14.0. The molecule has 6 heteroatoms. The van der Waals surface area contributed by atoms with Crippen molar-refractivity contribution >= 4 is 18.3 Å². The Morgan fingerprint density at radius 2 is 2.15 bits per heavy atom. The van der Waals surface area contributed by atoms with Gasteiger partial charge in [0.05, 0.1) is 5.56 Å². The lowest BCUT2D eigenvalue weighted by Crippen LogP contribution is -2.51. The first kappa shape index (κ1) is 16.9. The van der Waals surface area contributed by atoms with E-state index in [4.69, 9.17) is 5.73 Å². The summed E-state index contributed by atoms with van der Waals surface area (Å²) < 4.78 is 26.5. The lowest BCUT2D eigenvalue weighted by molar-refractivity contribution is 0.0528. The highest BCUT2D eigenvalue weighted by atomic mass is 35.5. The lowest BCUT2D eigenvalue weighted by atomic mass is 9.90. The van der Waals surface area contributed by atoms with Crippen molar-refractivity contribution in [3.05, 3.63) is 35.4 Å². The number of amides is 1. The molecule has 3 nitrogen and oxygen atoms in total. The van der Waals surface area contributed by atoms with Crippen molar-refractivity contribution in [2.45, 2.75) is 25.8 Å². The van der Waals surface area contributed by atoms with Crippen molar-refractivity contribution in [1.82, 2.24) is 4.90 Å². The van der Waals surface area contributed by atoms with Gasteiger partial charge in [0, 0.05) is 25.2 Å². The molecule has 0 aromatic heterocycles. The third kappa shape index (κ3) is 3.27. The largest absolute Gasteiger partial charge is 0.334 e. The van der Waals surface area contributed by atoms with Crippen molar-refractivity contribution in [3.63, 3.8) is 0 Å². The van der Waals surface area contributed by atoms with Crippen LogP contribution in [0.25, 0.3) is 0 Å². The maximum atomic E-state index is 13.7. The second-order valence-electron chi connectivity index (χ2n) is 5.05. The highest BCUT2D eigenvalue weighted by molar-refractivity contribution is 5.94. The van der Waals surface area contributed by atoms with Gasteiger partial charge in [-0.25, -0.2) is 8.78 Å². The van der Waals surface area contributed by atoms with E-state index in [0.717, 1.165) is 25.0 Å². The Balaban J connectivity index is 0.00000200. The van der Waals surface area contributed by atoms with E-state index >= 15 is 0 Å². The van der Waals surface area contributed by atoms with E-state index < -0.39 is 17.5 Å². The summed E-state index contributed by atoms with van der Waals surface area (Å²) in [6.45, 7) is 2.97. The molecule has 2 atom stereocenters. The lowest BCUT2D eigenvalue weighted by Gasteiger charge is -2.39. The SMILES string of the molecule is CC1CCCN(C(=O)c2ccc(F)cc2F)C1CN.Cl. The maximum Gasteiger partial charge on any atom is 0.257 e. The molecule has 1 amide bonds. The molecule has 20 heavy (non-hydrogen) atoms. The molecule has 0 saturated carbocycles. The van der Waals surface area contributed by atoms with Gasteiger partial charge in [0.2, 0.25) is 0 Å². The third-order valence-electron chi connectivity index (χ3n) is 3.78. The molecular formula is C14H19ClF2N2O. The molecule has 2 unspecified atom stereocenters. The van der Waals surface area contributed by atoms with Crippen LogP contribution in [0.1, 0.15) is 30.1 Å². The van der Waals surface area contributed by atoms with Crippen LogP contribution in [0.4, 0.5) is 8.78 Å². The Bertz CT molecular complexity index is 484. The fourth-order valence-electron chi connectivity index (χ4n) is 2.68. The molecule has 1 fully saturated rings. The average molecular weight is 305 g/mol. The summed E-state index contributed by atoms with van der Waals surface area (Å²) in [6.07, 6.45) is 1.89. The molecule has 1 aromatic rings. The quantitative estimate of drug-likeness (QED) is 0.913. The summed E-state index contributed by atoms with van der Waals surface area (Å²) >= 11 is 0. The number of rotatable bonds is 2. The standard InChI is InChI=1S/C14H18F2N2O.ClH/c1-9-3-2-6-18(13(9)8-17)14(19)11-5-4-10(15)7-12(11)16;/h4-5,7,9,13H,2-3,6,8,17H2,1H3;1H. The van der Waals surface area contributed by atoms with Crippen molar-refractivity contribution in [3.8, 4) is 0 Å². The van der Waals surface area contributed by atoms with E-state index in [1.807, 2.05) is 6.92 Å². The molecule has 0 aliphatic carbocycles. The van der Waals surface area contributed by atoms with Crippen molar-refractivity contribution < 1.29 is 13.6 Å². The molecule has 1 aliphatic rings. The number of likely N-dealkylation sites (tertiary alicyclic amines) is 1. The number of nitrogens with zero attached hydrogens (tertiary/aromatic N) is 1. The smallest absolute Gasteiger partial charge is 0.257 e. The van der Waals surface area contributed by atoms with E-state index in [-0.39, 0.29) is 24.0 Å². The van der Waals surface area contributed by atoms with Crippen LogP contribution in [0.3, 0.4) is 0 Å². The van der Waals surface area contributed by atoms with Crippen LogP contribution in [-0.2, 0) is 0 Å². The van der Waals surface area contributed by atoms with Gasteiger partial charge in [0.15, 0.2) is 0 Å². The number of carbonyl (C=O) groups is 1. The minimum absolute atomic E-state index is 0. The highest BCUT2D eigenvalue weighted by Gasteiger charge is 2.32. The van der Waals surface area contributed by atoms with Gasteiger partial charge in [0.25, 0.3) is 5.91 Å². The van der Waals surface area contributed by atoms with Crippen LogP contribution in [0.5, 0.6) is 0 Å². The topological polar surface area (TPSA) is 46.3 Å². The molecule has 1 saturated heterocycles. The number of nitrogens with two attached hydrogens (primary N) is 1. The number of benzene rings is 1. The Labute approximate surface area is 123 Å². The van der Waals surface area contributed by atoms with Crippen LogP contribution in [0.15, 0.2) is 18.2 Å². The van der Waals surface area contributed by atoms with E-state index in [1.165, 1.54) is 6.07 Å². The summed E-state index contributed by atoms with van der Waals surface area (Å²) in [4.78, 5) is 14.0. The van der Waals surface area contributed by atoms with Gasteiger partial charge in [-0.2, -0.15) is 0 Å². The van der Waals surface area contributed by atoms with Gasteiger partial charge >= 0.3 is 0 Å². The fourth-order valence-corrected chi connectivity index (χ4v) is 2.68. The first-order chi connectivity index (χ1) is 9.04. The fraction of sp³-hybridized carbons (Fsp3) is 0.500. The Morgan fingerprint density at radius 1 is 1.45 bits per heavy atom. The van der Waals surface area contributed by atoms with E-state index in [9.17, 15) is 13.6 Å². The minimum Gasteiger partial charge on any atom is -0.334 e. The molecule has 2 N–H and O–H groups in total. The summed E-state index contributed by atoms with van der Waals surface area (Å²) in [6, 6.07) is 2.95. The molecule has 2 rings (SSSR count). The molecule has 1 heterocycles. The summed E-state index contributed by atoms with van der Waals surface area (Å²) in [5.41, 5.74) is 5.63. The van der Waals surface area contributed by atoms with Crippen molar-refractivity contribution in [2.75, 3.05) is 13.1 Å². The van der Waals surface area contributed by atoms with Gasteiger partial charge in [-0.1, -0.05) is 6.92 Å². The highest BCUT2D eigenvalue weighted by Crippen LogP contribution is 2.25. The van der Waals surface area contributed by atoms with E-state index in [2.05, 4.69) is 0 Å². The molecule has 112 valence electrons. The number of halogens is 3. The molecule has 0 bridgehead atoms. The summed E-state index contributed by atoms with van der Waals surface area (Å²) in [7, 11) is 0. The predicted octanol–water partition coefficient (Wildman–Crippen LogP) is 2.59. The number of piperidine rings is 1. The molecule has 1 aliphatic heterocycles. The van der Waals surface area contributed by atoms with Gasteiger partial charge in [-0.05, 0) is 30.9 Å². The van der Waals surface area contributed by atoms with Gasteiger partial charge in [-0.3, -0.25) is 4.79 Å². The number of hydrogen-bond donors (Lipinski definition) is 1. The van der Waals surface area contributed by atoms with E-state index in [0.29, 0.717) is 19.0 Å². The van der Waals surface area contributed by atoms with Crippen molar-refractivity contribution in [2.24, 2.45) is 11.7 Å². The number of hydrogen-bond acceptors (Lipinski definition) is 2. The van der Waals surface area contributed by atoms with Crippen LogP contribution in [-0.4, -0.2) is 29.9 Å². The van der Waals surface area contributed by atoms with Crippen LogP contribution >= 0.6 is 12.4 Å². The van der Waals surface area contributed by atoms with E-state index in [1.54, 1.807) is 4.90 Å². The molecule has 1 aromatic carbocycles. The summed E-state index contributed by atoms with van der Waals surface area (Å²) in [5, 5.41) is 0. The van der Waals surface area contributed by atoms with Gasteiger partial charge in [-0.15, -0.1) is 12.4 Å². The first-order valence-electron chi connectivity index (χ1n) is 6.50. The van der Waals surface area contributed by atoms with Crippen LogP contribution < -0.4 is 5.73 Å². The number of carbonyl (C=O) groups excluding carboxylic acids is 1. The average Bonchev–Trinajstić information content (AvgIpc) is 2.37. The second-order valence-corrected chi connectivity index (χ2v) is 5.05. The van der Waals surface area contributed by atoms with Crippen LogP contribution in [0.2, 0.25) is 0 Å². The maximum absolute atomic E-state index is 13.7. The monoisotopic (exact) mass is 304 g/mol. The Kier molecular flexibility index (Phi) is 5.89. The molecule has 0 spiro atoms. The minimum atomic E-state index is -0.820. The first-order valence-corrected chi connectivity index (χ1v) is 6.50. The Hall–Kier alpha value is -1.20. The second kappa shape index (κ2) is 6.99. The zero-order valence-corrected chi connectivity index (χ0v) is 12.1. The zero-order valence-electron chi connectivity index (χ0n) is 11.3. The third-order valence-corrected chi connectivity index (χ3v) is 3.78. The normalized spacial score (nSPS) is 22.3. The van der Waals surface area contributed by atoms with Gasteiger partial charge in [0.1, 0.15) is 11.6 Å². The van der Waals surface area contributed by atoms with Crippen LogP contribution in [0, 0.1) is 17.6 Å². The summed E-state index contributed by atoms with van der Waals surface area (Å²) in [5.74, 6) is -1.61. The Morgan fingerprint density at radius 3 is 2.75 bits per heavy atom. The van der Waals surface area contributed by atoms with Crippen molar-refractivity contribution in [1.29, 1.82) is 0 Å². The predicted molar refractivity (Wildman–Crippen MR) is 75.9 cm³/mol. The molecule has 0 radical (unpaired) electrons. The van der Waals surface area contributed by atoms with Gasteiger partial charge < -0.3 is 10.6 Å².